The molecular weight excluding hydrogens is 202 g/mol. The molecule has 0 aromatic carbocycles. The lowest BCUT2D eigenvalue weighted by Crippen LogP contribution is -2.51. The lowest BCUT2D eigenvalue weighted by atomic mass is 10.1. The minimum Gasteiger partial charge on any atom is -0.381 e. The van der Waals surface area contributed by atoms with Gasteiger partial charge in [0, 0.05) is 45.4 Å². The molecule has 94 valence electrons. The number of hydrogen-bond donors (Lipinski definition) is 1. The predicted molar refractivity (Wildman–Crippen MR) is 65.5 cm³/mol. The zero-order valence-electron chi connectivity index (χ0n) is 10.2. The number of rotatable bonds is 4. The summed E-state index contributed by atoms with van der Waals surface area (Å²) in [5, 5.41) is 0. The Morgan fingerprint density at radius 3 is 2.38 bits per heavy atom. The van der Waals surface area contributed by atoms with E-state index in [0.717, 1.165) is 32.2 Å². The second-order valence-electron chi connectivity index (χ2n) is 4.86. The number of hydrogen-bond acceptors (Lipinski definition) is 4. The topological polar surface area (TPSA) is 41.7 Å². The SMILES string of the molecule is NCCCN1CCN(C2CCOCC2)CC1. The van der Waals surface area contributed by atoms with Crippen molar-refractivity contribution >= 4 is 0 Å². The Hall–Kier alpha value is -0.160. The van der Waals surface area contributed by atoms with Crippen molar-refractivity contribution in [3.05, 3.63) is 0 Å². The third-order valence-corrected chi connectivity index (χ3v) is 3.79. The maximum Gasteiger partial charge on any atom is 0.0480 e. The van der Waals surface area contributed by atoms with E-state index in [1.165, 1.54) is 45.6 Å². The van der Waals surface area contributed by atoms with Gasteiger partial charge in [-0.1, -0.05) is 0 Å². The fourth-order valence-corrected chi connectivity index (χ4v) is 2.72. The molecule has 0 bridgehead atoms. The average Bonchev–Trinajstić information content (AvgIpc) is 2.38. The van der Waals surface area contributed by atoms with Crippen molar-refractivity contribution in [1.29, 1.82) is 0 Å². The Kier molecular flexibility index (Phi) is 5.03. The molecule has 0 amide bonds. The van der Waals surface area contributed by atoms with E-state index in [1.54, 1.807) is 0 Å². The molecular formula is C12H25N3O. The standard InChI is InChI=1S/C12H25N3O/c13-4-1-5-14-6-8-15(9-7-14)12-2-10-16-11-3-12/h12H,1-11,13H2. The van der Waals surface area contributed by atoms with Crippen LogP contribution in [0.15, 0.2) is 0 Å². The predicted octanol–water partition coefficient (Wildman–Crippen LogP) is 0.132. The molecule has 0 spiro atoms. The Balaban J connectivity index is 1.67. The van der Waals surface area contributed by atoms with Crippen LogP contribution in [0.1, 0.15) is 19.3 Å². The van der Waals surface area contributed by atoms with E-state index in [0.29, 0.717) is 0 Å². The molecule has 0 aromatic rings. The normalized spacial score (nSPS) is 26.1. The van der Waals surface area contributed by atoms with E-state index in [2.05, 4.69) is 9.80 Å². The van der Waals surface area contributed by atoms with Gasteiger partial charge < -0.3 is 15.4 Å². The van der Waals surface area contributed by atoms with E-state index in [1.807, 2.05) is 0 Å². The summed E-state index contributed by atoms with van der Waals surface area (Å²) in [5.74, 6) is 0. The Morgan fingerprint density at radius 2 is 1.75 bits per heavy atom. The van der Waals surface area contributed by atoms with Crippen LogP contribution in [-0.4, -0.2) is 68.3 Å². The molecule has 0 unspecified atom stereocenters. The molecule has 2 heterocycles. The van der Waals surface area contributed by atoms with Gasteiger partial charge in [-0.3, -0.25) is 4.90 Å². The molecule has 2 N–H and O–H groups in total. The second-order valence-corrected chi connectivity index (χ2v) is 4.86. The zero-order valence-corrected chi connectivity index (χ0v) is 10.2. The summed E-state index contributed by atoms with van der Waals surface area (Å²) in [4.78, 5) is 5.20. The van der Waals surface area contributed by atoms with Crippen molar-refractivity contribution in [1.82, 2.24) is 9.80 Å². The smallest absolute Gasteiger partial charge is 0.0480 e. The summed E-state index contributed by atoms with van der Waals surface area (Å²) in [5.41, 5.74) is 5.54. The molecule has 2 saturated heterocycles. The van der Waals surface area contributed by atoms with Crippen LogP contribution < -0.4 is 5.73 Å². The zero-order chi connectivity index (χ0) is 11.2. The first-order valence-electron chi connectivity index (χ1n) is 6.64. The summed E-state index contributed by atoms with van der Waals surface area (Å²) >= 11 is 0. The molecule has 4 nitrogen and oxygen atoms in total. The third kappa shape index (κ3) is 3.42. The van der Waals surface area contributed by atoms with Crippen molar-refractivity contribution in [2.24, 2.45) is 5.73 Å². The second kappa shape index (κ2) is 6.55. The van der Waals surface area contributed by atoms with Gasteiger partial charge in [0.1, 0.15) is 0 Å². The quantitative estimate of drug-likeness (QED) is 0.741. The maximum atomic E-state index is 5.54. The van der Waals surface area contributed by atoms with Crippen LogP contribution >= 0.6 is 0 Å². The van der Waals surface area contributed by atoms with E-state index >= 15 is 0 Å². The fraction of sp³-hybridized carbons (Fsp3) is 1.00. The van der Waals surface area contributed by atoms with Gasteiger partial charge in [-0.25, -0.2) is 0 Å². The summed E-state index contributed by atoms with van der Waals surface area (Å²) in [6.07, 6.45) is 3.59. The summed E-state index contributed by atoms with van der Waals surface area (Å²) < 4.78 is 5.41. The van der Waals surface area contributed by atoms with Crippen LogP contribution in [0, 0.1) is 0 Å². The van der Waals surface area contributed by atoms with E-state index in [-0.39, 0.29) is 0 Å². The molecule has 4 heteroatoms. The first-order chi connectivity index (χ1) is 7.90. The van der Waals surface area contributed by atoms with Gasteiger partial charge in [0.05, 0.1) is 0 Å². The van der Waals surface area contributed by atoms with Crippen molar-refractivity contribution in [2.45, 2.75) is 25.3 Å². The lowest BCUT2D eigenvalue weighted by Gasteiger charge is -2.40. The Labute approximate surface area is 98.7 Å². The van der Waals surface area contributed by atoms with Gasteiger partial charge in [-0.2, -0.15) is 0 Å². The van der Waals surface area contributed by atoms with Crippen molar-refractivity contribution in [3.63, 3.8) is 0 Å². The van der Waals surface area contributed by atoms with Gasteiger partial charge in [0.25, 0.3) is 0 Å². The van der Waals surface area contributed by atoms with E-state index < -0.39 is 0 Å². The minimum absolute atomic E-state index is 0.783. The largest absolute Gasteiger partial charge is 0.381 e. The highest BCUT2D eigenvalue weighted by Crippen LogP contribution is 2.16. The van der Waals surface area contributed by atoms with E-state index in [9.17, 15) is 0 Å². The first kappa shape index (κ1) is 12.3. The highest BCUT2D eigenvalue weighted by atomic mass is 16.5. The van der Waals surface area contributed by atoms with Gasteiger partial charge in [-0.05, 0) is 32.4 Å². The lowest BCUT2D eigenvalue weighted by molar-refractivity contribution is 0.0138. The molecule has 0 radical (unpaired) electrons. The molecule has 2 aliphatic heterocycles. The van der Waals surface area contributed by atoms with Crippen LogP contribution in [-0.2, 0) is 4.74 Å². The monoisotopic (exact) mass is 227 g/mol. The van der Waals surface area contributed by atoms with Crippen molar-refractivity contribution < 1.29 is 4.74 Å². The van der Waals surface area contributed by atoms with Gasteiger partial charge in [0.15, 0.2) is 0 Å². The van der Waals surface area contributed by atoms with Crippen molar-refractivity contribution in [2.75, 3.05) is 52.5 Å². The summed E-state index contributed by atoms with van der Waals surface area (Å²) in [6, 6.07) is 0.783. The Bertz CT molecular complexity index is 187. The van der Waals surface area contributed by atoms with Crippen LogP contribution in [0.5, 0.6) is 0 Å². The van der Waals surface area contributed by atoms with Gasteiger partial charge in [-0.15, -0.1) is 0 Å². The van der Waals surface area contributed by atoms with E-state index in [4.69, 9.17) is 10.5 Å². The molecule has 0 saturated carbocycles. The number of ether oxygens (including phenoxy) is 1. The summed E-state index contributed by atoms with van der Waals surface area (Å²) in [7, 11) is 0. The molecule has 0 aromatic heterocycles. The molecule has 2 rings (SSSR count). The van der Waals surface area contributed by atoms with Crippen LogP contribution in [0.25, 0.3) is 0 Å². The van der Waals surface area contributed by atoms with Crippen molar-refractivity contribution in [3.8, 4) is 0 Å². The van der Waals surface area contributed by atoms with Crippen LogP contribution in [0.4, 0.5) is 0 Å². The van der Waals surface area contributed by atoms with Crippen LogP contribution in [0.2, 0.25) is 0 Å². The third-order valence-electron chi connectivity index (χ3n) is 3.79. The maximum absolute atomic E-state index is 5.54. The molecule has 2 aliphatic rings. The summed E-state index contributed by atoms with van der Waals surface area (Å²) in [6.45, 7) is 8.81. The van der Waals surface area contributed by atoms with Gasteiger partial charge >= 0.3 is 0 Å². The minimum atomic E-state index is 0.783. The fourth-order valence-electron chi connectivity index (χ4n) is 2.72. The average molecular weight is 227 g/mol. The molecule has 0 aliphatic carbocycles. The van der Waals surface area contributed by atoms with Crippen LogP contribution in [0.3, 0.4) is 0 Å². The number of nitrogens with zero attached hydrogens (tertiary/aromatic N) is 2. The number of nitrogens with two attached hydrogens (primary N) is 1. The molecule has 0 atom stereocenters. The van der Waals surface area contributed by atoms with Gasteiger partial charge in [0.2, 0.25) is 0 Å². The number of piperazine rings is 1. The highest BCUT2D eigenvalue weighted by Gasteiger charge is 2.24. The first-order valence-corrected chi connectivity index (χ1v) is 6.64. The Morgan fingerprint density at radius 1 is 1.06 bits per heavy atom. The molecule has 16 heavy (non-hydrogen) atoms. The highest BCUT2D eigenvalue weighted by molar-refractivity contribution is 4.80. The molecule has 2 fully saturated rings.